The number of allylic oxidation sites excluding steroid dienone is 1. The van der Waals surface area contributed by atoms with Crippen LogP contribution in [0.25, 0.3) is 6.08 Å². The minimum atomic E-state index is -1.08. The van der Waals surface area contributed by atoms with Crippen molar-refractivity contribution in [3.05, 3.63) is 117 Å². The van der Waals surface area contributed by atoms with Crippen molar-refractivity contribution in [2.75, 3.05) is 4.90 Å². The van der Waals surface area contributed by atoms with Crippen LogP contribution in [0.2, 0.25) is 0 Å². The van der Waals surface area contributed by atoms with Crippen LogP contribution in [0.3, 0.4) is 0 Å². The Morgan fingerprint density at radius 1 is 0.968 bits per heavy atom. The van der Waals surface area contributed by atoms with Gasteiger partial charge in [0.2, 0.25) is 0 Å². The Labute approximate surface area is 192 Å². The van der Waals surface area contributed by atoms with Gasteiger partial charge in [-0.25, -0.2) is 4.39 Å². The molecule has 4 nitrogen and oxygen atoms in total. The van der Waals surface area contributed by atoms with Crippen molar-refractivity contribution in [3.63, 3.8) is 0 Å². The summed E-state index contributed by atoms with van der Waals surface area (Å²) in [6, 6.07) is 21.0. The minimum absolute atomic E-state index is 0.134. The van der Waals surface area contributed by atoms with E-state index in [1.807, 2.05) is 30.3 Å². The van der Waals surface area contributed by atoms with Crippen LogP contribution >= 0.6 is 22.6 Å². The average Bonchev–Trinajstić information content (AvgIpc) is 3.04. The highest BCUT2D eigenvalue weighted by Gasteiger charge is 2.44. The van der Waals surface area contributed by atoms with Crippen molar-refractivity contribution in [1.29, 1.82) is 0 Å². The average molecular weight is 525 g/mol. The van der Waals surface area contributed by atoms with Gasteiger partial charge in [-0.05, 0) is 64.6 Å². The van der Waals surface area contributed by atoms with Crippen molar-refractivity contribution in [2.24, 2.45) is 0 Å². The van der Waals surface area contributed by atoms with Crippen molar-refractivity contribution in [3.8, 4) is 0 Å². The number of carbonyl (C=O) groups is 2. The number of benzene rings is 3. The zero-order valence-electron chi connectivity index (χ0n) is 16.2. The summed E-state index contributed by atoms with van der Waals surface area (Å²) in [5.74, 6) is -2.54. The second-order valence-corrected chi connectivity index (χ2v) is 8.19. The molecule has 1 aliphatic heterocycles. The summed E-state index contributed by atoms with van der Waals surface area (Å²) < 4.78 is 15.7. The quantitative estimate of drug-likeness (QED) is 0.348. The molecule has 4 rings (SSSR count). The van der Waals surface area contributed by atoms with Gasteiger partial charge in [0.25, 0.3) is 5.91 Å². The molecule has 154 valence electrons. The summed E-state index contributed by atoms with van der Waals surface area (Å²) in [6.45, 7) is 0. The van der Waals surface area contributed by atoms with Crippen molar-refractivity contribution in [2.45, 2.75) is 6.04 Å². The second-order valence-electron chi connectivity index (χ2n) is 6.95. The highest BCUT2D eigenvalue weighted by molar-refractivity contribution is 14.1. The number of ketones is 1. The molecule has 1 N–H and O–H groups in total. The van der Waals surface area contributed by atoms with Crippen molar-refractivity contribution >= 4 is 46.0 Å². The molecule has 0 saturated carbocycles. The lowest BCUT2D eigenvalue weighted by Gasteiger charge is -2.27. The van der Waals surface area contributed by atoms with Gasteiger partial charge in [-0.3, -0.25) is 14.5 Å². The smallest absolute Gasteiger partial charge is 0.294 e. The first-order valence-electron chi connectivity index (χ1n) is 9.51. The third-order valence-corrected chi connectivity index (χ3v) is 5.72. The monoisotopic (exact) mass is 525 g/mol. The lowest BCUT2D eigenvalue weighted by molar-refractivity contribution is -0.117. The number of amides is 1. The summed E-state index contributed by atoms with van der Waals surface area (Å²) in [5, 5.41) is 10.6. The molecule has 6 heteroatoms. The van der Waals surface area contributed by atoms with Gasteiger partial charge in [0.1, 0.15) is 5.82 Å². The third-order valence-electron chi connectivity index (χ3n) is 5.00. The number of hydrogen-bond donors (Lipinski definition) is 1. The van der Waals surface area contributed by atoms with Gasteiger partial charge in [-0.1, -0.05) is 54.6 Å². The number of nitrogens with zero attached hydrogens (tertiary/aromatic N) is 1. The number of carbonyl (C=O) groups excluding carboxylic acids is 2. The first-order chi connectivity index (χ1) is 15.0. The number of hydrogen-bond acceptors (Lipinski definition) is 3. The lowest BCUT2D eigenvalue weighted by Crippen LogP contribution is -2.31. The maximum atomic E-state index is 14.8. The zero-order chi connectivity index (χ0) is 22.0. The van der Waals surface area contributed by atoms with Crippen LogP contribution in [-0.4, -0.2) is 16.8 Å². The number of aliphatic hydroxyl groups excluding tert-OH is 1. The molecule has 3 aromatic carbocycles. The molecule has 0 aromatic heterocycles. The Morgan fingerprint density at radius 3 is 2.29 bits per heavy atom. The summed E-state index contributed by atoms with van der Waals surface area (Å²) in [6.07, 6.45) is 2.89. The van der Waals surface area contributed by atoms with E-state index in [2.05, 4.69) is 22.6 Å². The first kappa shape index (κ1) is 21.0. The summed E-state index contributed by atoms with van der Waals surface area (Å²) >= 11 is 2.14. The minimum Gasteiger partial charge on any atom is -0.503 e. The molecule has 1 aliphatic rings. The SMILES string of the molecule is O=C(/C=C/c1ccccc1)C1=C(O)C(=O)N(c2ccc(I)cc2)C1c1ccccc1F. The van der Waals surface area contributed by atoms with Gasteiger partial charge in [0, 0.05) is 14.8 Å². The lowest BCUT2D eigenvalue weighted by atomic mass is 9.95. The fourth-order valence-corrected chi connectivity index (χ4v) is 3.90. The van der Waals surface area contributed by atoms with E-state index in [1.165, 1.54) is 29.2 Å². The van der Waals surface area contributed by atoms with Crippen LogP contribution < -0.4 is 4.90 Å². The van der Waals surface area contributed by atoms with Crippen LogP contribution in [0.15, 0.2) is 96.3 Å². The third kappa shape index (κ3) is 4.16. The van der Waals surface area contributed by atoms with E-state index in [-0.39, 0.29) is 11.1 Å². The van der Waals surface area contributed by atoms with Crippen molar-refractivity contribution in [1.82, 2.24) is 0 Å². The van der Waals surface area contributed by atoms with Crippen LogP contribution in [0.5, 0.6) is 0 Å². The normalized spacial score (nSPS) is 16.4. The molecule has 1 amide bonds. The van der Waals surface area contributed by atoms with E-state index < -0.39 is 29.3 Å². The highest BCUT2D eigenvalue weighted by Crippen LogP contribution is 2.42. The van der Waals surface area contributed by atoms with Crippen LogP contribution in [-0.2, 0) is 9.59 Å². The molecule has 0 saturated heterocycles. The summed E-state index contributed by atoms with van der Waals surface area (Å²) in [7, 11) is 0. The Hall–Kier alpha value is -3.26. The van der Waals surface area contributed by atoms with E-state index in [4.69, 9.17) is 0 Å². The van der Waals surface area contributed by atoms with Gasteiger partial charge >= 0.3 is 0 Å². The number of aliphatic hydroxyl groups is 1. The Balaban J connectivity index is 1.81. The van der Waals surface area contributed by atoms with Gasteiger partial charge < -0.3 is 5.11 Å². The zero-order valence-corrected chi connectivity index (χ0v) is 18.4. The predicted molar refractivity (Wildman–Crippen MR) is 126 cm³/mol. The predicted octanol–water partition coefficient (Wildman–Crippen LogP) is 5.61. The summed E-state index contributed by atoms with van der Waals surface area (Å²) in [4.78, 5) is 27.3. The van der Waals surface area contributed by atoms with Gasteiger partial charge in [-0.2, -0.15) is 0 Å². The first-order valence-corrected chi connectivity index (χ1v) is 10.6. The molecule has 1 atom stereocenters. The Bertz CT molecular complexity index is 1200. The standard InChI is InChI=1S/C25H17FINO3/c26-20-9-5-4-8-19(20)23-22(21(29)15-10-16-6-2-1-3-7-16)24(30)25(31)28(23)18-13-11-17(27)12-14-18/h1-15,23,30H/b15-10+. The topological polar surface area (TPSA) is 57.6 Å². The Morgan fingerprint density at radius 2 is 1.61 bits per heavy atom. The number of anilines is 1. The fourth-order valence-electron chi connectivity index (χ4n) is 3.54. The molecule has 0 bridgehead atoms. The molecule has 1 heterocycles. The van der Waals surface area contributed by atoms with Crippen LogP contribution in [0, 0.1) is 9.39 Å². The van der Waals surface area contributed by atoms with E-state index in [9.17, 15) is 19.1 Å². The van der Waals surface area contributed by atoms with Crippen LogP contribution in [0.4, 0.5) is 10.1 Å². The molecule has 0 spiro atoms. The van der Waals surface area contributed by atoms with Gasteiger partial charge in [0.15, 0.2) is 11.5 Å². The maximum Gasteiger partial charge on any atom is 0.294 e. The van der Waals surface area contributed by atoms with Gasteiger partial charge in [-0.15, -0.1) is 0 Å². The van der Waals surface area contributed by atoms with E-state index in [0.29, 0.717) is 5.69 Å². The molecule has 31 heavy (non-hydrogen) atoms. The second kappa shape index (κ2) is 8.85. The molecule has 0 aliphatic carbocycles. The molecular weight excluding hydrogens is 508 g/mol. The highest BCUT2D eigenvalue weighted by atomic mass is 127. The van der Waals surface area contributed by atoms with Crippen molar-refractivity contribution < 1.29 is 19.1 Å². The largest absolute Gasteiger partial charge is 0.503 e. The summed E-state index contributed by atoms with van der Waals surface area (Å²) in [5.41, 5.74) is 1.23. The van der Waals surface area contributed by atoms with E-state index >= 15 is 0 Å². The fraction of sp³-hybridized carbons (Fsp3) is 0.0400. The molecule has 0 fully saturated rings. The molecule has 3 aromatic rings. The van der Waals surface area contributed by atoms with Crippen LogP contribution in [0.1, 0.15) is 17.2 Å². The molecule has 0 radical (unpaired) electrons. The van der Waals surface area contributed by atoms with Gasteiger partial charge in [0.05, 0.1) is 11.6 Å². The van der Waals surface area contributed by atoms with E-state index in [1.54, 1.807) is 36.4 Å². The number of rotatable bonds is 5. The molecule has 1 unspecified atom stereocenters. The maximum absolute atomic E-state index is 14.8. The molecular formula is C25H17FINO3. The Kier molecular flexibility index (Phi) is 5.99. The number of halogens is 2. The van der Waals surface area contributed by atoms with E-state index in [0.717, 1.165) is 9.13 Å².